The van der Waals surface area contributed by atoms with Crippen LogP contribution in [0.3, 0.4) is 0 Å². The summed E-state index contributed by atoms with van der Waals surface area (Å²) in [5, 5.41) is 6.39. The van der Waals surface area contributed by atoms with Gasteiger partial charge in [-0.25, -0.2) is 13.8 Å². The van der Waals surface area contributed by atoms with Gasteiger partial charge in [-0.1, -0.05) is 12.1 Å². The maximum Gasteiger partial charge on any atom is 0.275 e. The number of hydrogen-bond donors (Lipinski definition) is 1. The topological polar surface area (TPSA) is 89.4 Å². The molecule has 30 heavy (non-hydrogen) atoms. The molecule has 1 aliphatic heterocycles. The van der Waals surface area contributed by atoms with E-state index in [0.717, 1.165) is 6.20 Å². The fourth-order valence-corrected chi connectivity index (χ4v) is 3.11. The lowest BCUT2D eigenvalue weighted by atomic mass is 10.2. The van der Waals surface area contributed by atoms with E-state index in [4.69, 9.17) is 4.74 Å². The molecule has 1 atom stereocenters. The molecule has 3 heterocycles. The van der Waals surface area contributed by atoms with Gasteiger partial charge in [0.05, 0.1) is 12.7 Å². The molecule has 0 saturated carbocycles. The Morgan fingerprint density at radius 3 is 2.93 bits per heavy atom. The standard InChI is InChI=1S/C20H17F2N5O3/c1-26-18-16(6-3-7-23-18)30-11-15(20(26)29)24-19(28)17-14(22)10-27(25-17)9-12-4-2-5-13(21)8-12/h2-8,10,15H,9,11H2,1H3,(H,24,28). The van der Waals surface area contributed by atoms with Crippen LogP contribution in [0, 0.1) is 11.6 Å². The van der Waals surface area contributed by atoms with E-state index in [9.17, 15) is 18.4 Å². The van der Waals surface area contributed by atoms with Gasteiger partial charge in [-0.3, -0.25) is 19.2 Å². The Kier molecular flexibility index (Phi) is 5.13. The monoisotopic (exact) mass is 413 g/mol. The summed E-state index contributed by atoms with van der Waals surface area (Å²) in [5.74, 6) is -1.88. The summed E-state index contributed by atoms with van der Waals surface area (Å²) in [6.45, 7) is -0.0592. The summed E-state index contributed by atoms with van der Waals surface area (Å²) in [5.41, 5.74) is 0.0884. The van der Waals surface area contributed by atoms with Crippen molar-refractivity contribution < 1.29 is 23.1 Å². The summed E-state index contributed by atoms with van der Waals surface area (Å²) in [6, 6.07) is 8.04. The summed E-state index contributed by atoms with van der Waals surface area (Å²) in [4.78, 5) is 30.6. The van der Waals surface area contributed by atoms with Crippen molar-refractivity contribution in [2.45, 2.75) is 12.6 Å². The van der Waals surface area contributed by atoms with Crippen molar-refractivity contribution in [1.29, 1.82) is 0 Å². The third kappa shape index (κ3) is 3.84. The number of aromatic nitrogens is 3. The Bertz CT molecular complexity index is 1120. The van der Waals surface area contributed by atoms with Gasteiger partial charge in [0.2, 0.25) is 0 Å². The molecule has 1 unspecified atom stereocenters. The lowest BCUT2D eigenvalue weighted by Gasteiger charge is -2.19. The molecular weight excluding hydrogens is 396 g/mol. The van der Waals surface area contributed by atoms with E-state index in [1.54, 1.807) is 18.2 Å². The highest BCUT2D eigenvalue weighted by molar-refractivity contribution is 6.02. The third-order valence-electron chi connectivity index (χ3n) is 4.57. The number of pyridine rings is 1. The van der Waals surface area contributed by atoms with Gasteiger partial charge in [0.15, 0.2) is 23.1 Å². The molecule has 1 aromatic carbocycles. The number of benzene rings is 1. The van der Waals surface area contributed by atoms with E-state index in [1.165, 1.54) is 41.0 Å². The Morgan fingerprint density at radius 2 is 2.13 bits per heavy atom. The number of ether oxygens (including phenoxy) is 1. The minimum absolute atomic E-state index is 0.0805. The van der Waals surface area contributed by atoms with Gasteiger partial charge >= 0.3 is 0 Å². The van der Waals surface area contributed by atoms with Crippen molar-refractivity contribution in [3.05, 3.63) is 71.7 Å². The van der Waals surface area contributed by atoms with Crippen LogP contribution in [0.1, 0.15) is 16.1 Å². The summed E-state index contributed by atoms with van der Waals surface area (Å²) in [7, 11) is 1.51. The van der Waals surface area contributed by atoms with Gasteiger partial charge in [0.1, 0.15) is 18.5 Å². The molecule has 3 aromatic rings. The largest absolute Gasteiger partial charge is 0.487 e. The minimum atomic E-state index is -1.05. The highest BCUT2D eigenvalue weighted by Gasteiger charge is 2.32. The van der Waals surface area contributed by atoms with Crippen LogP contribution in [0.2, 0.25) is 0 Å². The molecule has 0 saturated heterocycles. The number of nitrogens with one attached hydrogen (secondary N) is 1. The smallest absolute Gasteiger partial charge is 0.275 e. The summed E-state index contributed by atoms with van der Waals surface area (Å²) in [6.07, 6.45) is 2.56. The highest BCUT2D eigenvalue weighted by Crippen LogP contribution is 2.27. The maximum atomic E-state index is 14.3. The molecular formula is C20H17F2N5O3. The summed E-state index contributed by atoms with van der Waals surface area (Å²) < 4.78 is 34.4. The van der Waals surface area contributed by atoms with Gasteiger partial charge in [-0.05, 0) is 29.8 Å². The first-order valence-electron chi connectivity index (χ1n) is 9.06. The van der Waals surface area contributed by atoms with E-state index < -0.39 is 35.2 Å². The Balaban J connectivity index is 1.49. The number of amides is 2. The molecule has 2 amide bonds. The lowest BCUT2D eigenvalue weighted by molar-refractivity contribution is -0.120. The van der Waals surface area contributed by atoms with Crippen LogP contribution < -0.4 is 15.0 Å². The first-order valence-corrected chi connectivity index (χ1v) is 9.06. The predicted octanol–water partition coefficient (Wildman–Crippen LogP) is 1.76. The number of halogens is 2. The van der Waals surface area contributed by atoms with Crippen molar-refractivity contribution in [2.75, 3.05) is 18.6 Å². The Morgan fingerprint density at radius 1 is 1.30 bits per heavy atom. The average Bonchev–Trinajstić information content (AvgIpc) is 3.04. The molecule has 4 rings (SSSR count). The van der Waals surface area contributed by atoms with Crippen LogP contribution in [-0.4, -0.2) is 46.3 Å². The molecule has 1 N–H and O–H groups in total. The molecule has 0 radical (unpaired) electrons. The van der Waals surface area contributed by atoms with Crippen molar-refractivity contribution in [3.8, 4) is 5.75 Å². The second-order valence-corrected chi connectivity index (χ2v) is 6.71. The molecule has 0 bridgehead atoms. The van der Waals surface area contributed by atoms with Crippen LogP contribution in [0.15, 0.2) is 48.8 Å². The first-order chi connectivity index (χ1) is 14.4. The average molecular weight is 413 g/mol. The van der Waals surface area contributed by atoms with Crippen LogP contribution in [-0.2, 0) is 11.3 Å². The number of anilines is 1. The number of carbonyl (C=O) groups excluding carboxylic acids is 2. The Labute approximate surface area is 170 Å². The molecule has 154 valence electrons. The Hall–Kier alpha value is -3.82. The molecule has 2 aromatic heterocycles. The number of rotatable bonds is 4. The van der Waals surface area contributed by atoms with Crippen molar-refractivity contribution in [2.24, 2.45) is 0 Å². The van der Waals surface area contributed by atoms with Crippen molar-refractivity contribution in [1.82, 2.24) is 20.1 Å². The molecule has 10 heteroatoms. The van der Waals surface area contributed by atoms with Crippen LogP contribution in [0.4, 0.5) is 14.6 Å². The fourth-order valence-electron chi connectivity index (χ4n) is 3.11. The molecule has 0 aliphatic carbocycles. The van der Waals surface area contributed by atoms with Gasteiger partial charge in [0, 0.05) is 13.2 Å². The van der Waals surface area contributed by atoms with Crippen molar-refractivity contribution in [3.63, 3.8) is 0 Å². The SMILES string of the molecule is CN1C(=O)C(NC(=O)c2nn(Cc3cccc(F)c3)cc2F)COc2cccnc21. The van der Waals surface area contributed by atoms with Crippen molar-refractivity contribution >= 4 is 17.6 Å². The molecule has 0 spiro atoms. The van der Waals surface area contributed by atoms with Crippen LogP contribution >= 0.6 is 0 Å². The van der Waals surface area contributed by atoms with Gasteiger partial charge in [-0.15, -0.1) is 0 Å². The number of hydrogen-bond acceptors (Lipinski definition) is 5. The second-order valence-electron chi connectivity index (χ2n) is 6.71. The zero-order valence-electron chi connectivity index (χ0n) is 15.9. The number of fused-ring (bicyclic) bond motifs is 1. The lowest BCUT2D eigenvalue weighted by Crippen LogP contribution is -2.49. The zero-order valence-corrected chi connectivity index (χ0v) is 15.9. The van der Waals surface area contributed by atoms with Crippen LogP contribution in [0.5, 0.6) is 5.75 Å². The van der Waals surface area contributed by atoms with E-state index in [1.807, 2.05) is 0 Å². The number of carbonyl (C=O) groups is 2. The number of likely N-dealkylation sites (N-methyl/N-ethyl adjacent to an activating group) is 1. The second kappa shape index (κ2) is 7.90. The highest BCUT2D eigenvalue weighted by atomic mass is 19.1. The minimum Gasteiger partial charge on any atom is -0.487 e. The third-order valence-corrected chi connectivity index (χ3v) is 4.57. The molecule has 1 aliphatic rings. The normalized spacial score (nSPS) is 15.9. The van der Waals surface area contributed by atoms with Gasteiger partial charge in [0.25, 0.3) is 11.8 Å². The molecule has 0 fully saturated rings. The molecule has 8 nitrogen and oxygen atoms in total. The van der Waals surface area contributed by atoms with E-state index in [0.29, 0.717) is 17.1 Å². The fraction of sp³-hybridized carbons (Fsp3) is 0.200. The van der Waals surface area contributed by atoms with Crippen LogP contribution in [0.25, 0.3) is 0 Å². The zero-order chi connectivity index (χ0) is 21.3. The van der Waals surface area contributed by atoms with Gasteiger partial charge < -0.3 is 10.1 Å². The first kappa shape index (κ1) is 19.5. The van der Waals surface area contributed by atoms with E-state index >= 15 is 0 Å². The van der Waals surface area contributed by atoms with E-state index in [2.05, 4.69) is 15.4 Å². The quantitative estimate of drug-likeness (QED) is 0.704. The van der Waals surface area contributed by atoms with Gasteiger partial charge in [-0.2, -0.15) is 5.10 Å². The summed E-state index contributed by atoms with van der Waals surface area (Å²) >= 11 is 0. The number of nitrogens with zero attached hydrogens (tertiary/aromatic N) is 4. The van der Waals surface area contributed by atoms with E-state index in [-0.39, 0.29) is 13.2 Å². The predicted molar refractivity (Wildman–Crippen MR) is 102 cm³/mol. The maximum absolute atomic E-state index is 14.3.